The molecule has 0 aliphatic carbocycles. The van der Waals surface area contributed by atoms with E-state index in [1.165, 1.54) is 0 Å². The van der Waals surface area contributed by atoms with Crippen LogP contribution in [0, 0.1) is 5.92 Å². The molecule has 0 bridgehead atoms. The Labute approximate surface area is 114 Å². The van der Waals surface area contributed by atoms with Crippen LogP contribution in [0.2, 0.25) is 0 Å². The van der Waals surface area contributed by atoms with Gasteiger partial charge in [-0.25, -0.2) is 0 Å². The highest BCUT2D eigenvalue weighted by Gasteiger charge is 2.39. The van der Waals surface area contributed by atoms with Crippen LogP contribution in [0.15, 0.2) is 0 Å². The van der Waals surface area contributed by atoms with Gasteiger partial charge in [-0.05, 0) is 34.6 Å². The van der Waals surface area contributed by atoms with Gasteiger partial charge in [0.05, 0.1) is 6.42 Å². The van der Waals surface area contributed by atoms with Gasteiger partial charge in [0.15, 0.2) is 11.6 Å². The van der Waals surface area contributed by atoms with Gasteiger partial charge in [-0.1, -0.05) is 6.92 Å². The van der Waals surface area contributed by atoms with Crippen LogP contribution < -0.4 is 0 Å². The average Bonchev–Trinajstić information content (AvgIpc) is 2.18. The highest BCUT2D eigenvalue weighted by molar-refractivity contribution is 5.85. The van der Waals surface area contributed by atoms with E-state index >= 15 is 0 Å². The molecule has 1 aliphatic rings. The number of carbonyl (C=O) groups excluding carboxylic acids is 2. The Morgan fingerprint density at radius 2 is 2.05 bits per heavy atom. The molecule has 5 nitrogen and oxygen atoms in total. The minimum absolute atomic E-state index is 0.0241. The highest BCUT2D eigenvalue weighted by atomic mass is 16.7. The molecule has 0 aromatic rings. The number of hydrogen-bond acceptors (Lipinski definition) is 5. The van der Waals surface area contributed by atoms with Crippen LogP contribution in [-0.2, 0) is 23.8 Å². The molecule has 1 aliphatic heterocycles. The number of hydrogen-bond donors (Lipinski definition) is 0. The van der Waals surface area contributed by atoms with Crippen molar-refractivity contribution in [2.45, 2.75) is 65.5 Å². The van der Waals surface area contributed by atoms with E-state index in [1.807, 2.05) is 27.7 Å². The standard InChI is InChI=1S/C14H24O5/c1-9(7-11(16)18-13(2,3)4)12-10(15)8-17-14(5,6)19-12/h9,12H,7-8H2,1-6H3/t9-,12-/m0/s1. The predicted molar refractivity (Wildman–Crippen MR) is 69.5 cm³/mol. The summed E-state index contributed by atoms with van der Waals surface area (Å²) in [4.78, 5) is 23.5. The molecular weight excluding hydrogens is 248 g/mol. The molecule has 1 fully saturated rings. The zero-order valence-electron chi connectivity index (χ0n) is 12.6. The second kappa shape index (κ2) is 5.59. The van der Waals surface area contributed by atoms with E-state index in [0.29, 0.717) is 0 Å². The van der Waals surface area contributed by atoms with Crippen molar-refractivity contribution in [2.75, 3.05) is 6.61 Å². The zero-order chi connectivity index (χ0) is 14.8. The monoisotopic (exact) mass is 272 g/mol. The number of ketones is 1. The first-order chi connectivity index (χ1) is 8.50. The molecule has 0 aromatic heterocycles. The van der Waals surface area contributed by atoms with Crippen molar-refractivity contribution in [3.05, 3.63) is 0 Å². The van der Waals surface area contributed by atoms with Crippen LogP contribution in [0.4, 0.5) is 0 Å². The third-order valence-corrected chi connectivity index (χ3v) is 2.72. The Morgan fingerprint density at radius 3 is 2.58 bits per heavy atom. The van der Waals surface area contributed by atoms with Gasteiger partial charge in [0, 0.05) is 5.92 Å². The van der Waals surface area contributed by atoms with Crippen molar-refractivity contribution in [1.29, 1.82) is 0 Å². The van der Waals surface area contributed by atoms with E-state index in [-0.39, 0.29) is 30.7 Å². The topological polar surface area (TPSA) is 61.8 Å². The molecule has 2 atom stereocenters. The van der Waals surface area contributed by atoms with E-state index in [4.69, 9.17) is 14.2 Å². The second-order valence-electron chi connectivity index (χ2n) is 6.46. The van der Waals surface area contributed by atoms with Crippen molar-refractivity contribution in [3.8, 4) is 0 Å². The van der Waals surface area contributed by atoms with E-state index in [1.54, 1.807) is 13.8 Å². The maximum absolute atomic E-state index is 11.8. The quantitative estimate of drug-likeness (QED) is 0.736. The SMILES string of the molecule is C[C@@H](CC(=O)OC(C)(C)C)[C@@H]1OC(C)(C)OCC1=O. The number of ether oxygens (including phenoxy) is 3. The van der Waals surface area contributed by atoms with Gasteiger partial charge in [-0.2, -0.15) is 0 Å². The molecular formula is C14H24O5. The first-order valence-corrected chi connectivity index (χ1v) is 6.56. The molecule has 1 rings (SSSR count). The van der Waals surface area contributed by atoms with Gasteiger partial charge in [0.25, 0.3) is 0 Å². The molecule has 0 unspecified atom stereocenters. The summed E-state index contributed by atoms with van der Waals surface area (Å²) in [7, 11) is 0. The normalized spacial score (nSPS) is 24.9. The van der Waals surface area contributed by atoms with E-state index in [2.05, 4.69) is 0 Å². The fourth-order valence-electron chi connectivity index (χ4n) is 1.92. The average molecular weight is 272 g/mol. The van der Waals surface area contributed by atoms with Gasteiger partial charge in [-0.3, -0.25) is 9.59 Å². The molecule has 1 heterocycles. The Balaban J connectivity index is 2.59. The van der Waals surface area contributed by atoms with Crippen LogP contribution in [-0.4, -0.2) is 35.9 Å². The molecule has 0 N–H and O–H groups in total. The molecule has 19 heavy (non-hydrogen) atoms. The van der Waals surface area contributed by atoms with Gasteiger partial charge in [0.2, 0.25) is 0 Å². The predicted octanol–water partition coefficient (Wildman–Crippen LogP) is 2.07. The maximum Gasteiger partial charge on any atom is 0.306 e. The first-order valence-electron chi connectivity index (χ1n) is 6.56. The van der Waals surface area contributed by atoms with E-state index in [0.717, 1.165) is 0 Å². The third-order valence-electron chi connectivity index (χ3n) is 2.72. The first kappa shape index (κ1) is 16.1. The summed E-state index contributed by atoms with van der Waals surface area (Å²) in [5.41, 5.74) is -0.517. The lowest BCUT2D eigenvalue weighted by Crippen LogP contribution is -2.49. The van der Waals surface area contributed by atoms with E-state index in [9.17, 15) is 9.59 Å². The van der Waals surface area contributed by atoms with E-state index < -0.39 is 17.5 Å². The smallest absolute Gasteiger partial charge is 0.306 e. The van der Waals surface area contributed by atoms with Crippen LogP contribution in [0.25, 0.3) is 0 Å². The summed E-state index contributed by atoms with van der Waals surface area (Å²) in [6.45, 7) is 10.8. The molecule has 0 spiro atoms. The molecule has 0 amide bonds. The number of esters is 1. The minimum atomic E-state index is -0.791. The summed E-state index contributed by atoms with van der Waals surface area (Å²) in [6, 6.07) is 0. The van der Waals surface area contributed by atoms with Crippen molar-refractivity contribution in [1.82, 2.24) is 0 Å². The lowest BCUT2D eigenvalue weighted by molar-refractivity contribution is -0.265. The fourth-order valence-corrected chi connectivity index (χ4v) is 1.92. The second-order valence-corrected chi connectivity index (χ2v) is 6.46. The van der Waals surface area contributed by atoms with Crippen LogP contribution in [0.5, 0.6) is 0 Å². The summed E-state index contributed by atoms with van der Waals surface area (Å²) in [6.07, 6.45) is -0.458. The minimum Gasteiger partial charge on any atom is -0.460 e. The number of carbonyl (C=O) groups is 2. The van der Waals surface area contributed by atoms with Crippen molar-refractivity contribution >= 4 is 11.8 Å². The molecule has 5 heteroatoms. The van der Waals surface area contributed by atoms with Gasteiger partial charge in [0.1, 0.15) is 18.3 Å². The largest absolute Gasteiger partial charge is 0.460 e. The third kappa shape index (κ3) is 5.28. The van der Waals surface area contributed by atoms with Crippen LogP contribution in [0.1, 0.15) is 48.0 Å². The molecule has 0 saturated carbocycles. The van der Waals surface area contributed by atoms with Crippen molar-refractivity contribution in [2.24, 2.45) is 5.92 Å². The molecule has 1 saturated heterocycles. The lowest BCUT2D eigenvalue weighted by Gasteiger charge is -2.37. The zero-order valence-corrected chi connectivity index (χ0v) is 12.6. The molecule has 0 aromatic carbocycles. The van der Waals surface area contributed by atoms with Gasteiger partial charge >= 0.3 is 5.97 Å². The summed E-state index contributed by atoms with van der Waals surface area (Å²) in [5.74, 6) is -1.47. The summed E-state index contributed by atoms with van der Waals surface area (Å²) in [5, 5.41) is 0. The number of rotatable bonds is 3. The van der Waals surface area contributed by atoms with Crippen molar-refractivity contribution < 1.29 is 23.8 Å². The van der Waals surface area contributed by atoms with Gasteiger partial charge in [-0.15, -0.1) is 0 Å². The Morgan fingerprint density at radius 1 is 1.47 bits per heavy atom. The van der Waals surface area contributed by atoms with Crippen molar-refractivity contribution in [3.63, 3.8) is 0 Å². The Hall–Kier alpha value is -0.940. The maximum atomic E-state index is 11.8. The van der Waals surface area contributed by atoms with Crippen LogP contribution in [0.3, 0.4) is 0 Å². The Kier molecular flexibility index (Phi) is 4.74. The fraction of sp³-hybridized carbons (Fsp3) is 0.857. The Bertz CT molecular complexity index is 353. The molecule has 0 radical (unpaired) electrons. The summed E-state index contributed by atoms with van der Waals surface area (Å²) >= 11 is 0. The molecule has 110 valence electrons. The highest BCUT2D eigenvalue weighted by Crippen LogP contribution is 2.26. The lowest BCUT2D eigenvalue weighted by atomic mass is 9.96. The summed E-state index contributed by atoms with van der Waals surface area (Å²) < 4.78 is 16.1. The van der Waals surface area contributed by atoms with Crippen LogP contribution >= 0.6 is 0 Å². The number of Topliss-reactive ketones (excluding diaryl/α,β-unsaturated/α-hetero) is 1. The van der Waals surface area contributed by atoms with Gasteiger partial charge < -0.3 is 14.2 Å².